The molecule has 0 N–H and O–H groups in total. The standard InChI is InChI=1S/C33H36FNO3/c1-2-3-22-36-30-16-18-32-26(24-30)9-17-31(25-7-10-27(34)11-8-25)33(32)38-29-14-12-28(13-15-29)37-23-21-35-19-5-4-6-20-35/h7-18,24H,2-6,19-23H2,1H3. The molecule has 198 valence electrons. The van der Waals surface area contributed by atoms with Crippen LogP contribution in [0.15, 0.2) is 78.9 Å². The van der Waals surface area contributed by atoms with E-state index in [1.807, 2.05) is 48.5 Å². The Morgan fingerprint density at radius 1 is 0.737 bits per heavy atom. The fourth-order valence-electron chi connectivity index (χ4n) is 4.87. The normalized spacial score (nSPS) is 13.9. The maximum Gasteiger partial charge on any atom is 0.143 e. The molecule has 1 fully saturated rings. The van der Waals surface area contributed by atoms with Crippen LogP contribution in [0.2, 0.25) is 0 Å². The van der Waals surface area contributed by atoms with Crippen molar-refractivity contribution < 1.29 is 18.6 Å². The molecule has 0 unspecified atom stereocenters. The number of hydrogen-bond acceptors (Lipinski definition) is 4. The van der Waals surface area contributed by atoms with Gasteiger partial charge in [-0.05, 0) is 104 Å². The van der Waals surface area contributed by atoms with Crippen LogP contribution in [0.3, 0.4) is 0 Å². The van der Waals surface area contributed by atoms with Gasteiger partial charge in [-0.3, -0.25) is 4.90 Å². The third kappa shape index (κ3) is 6.65. The first-order chi connectivity index (χ1) is 18.7. The van der Waals surface area contributed by atoms with E-state index in [4.69, 9.17) is 14.2 Å². The lowest BCUT2D eigenvalue weighted by Crippen LogP contribution is -2.33. The van der Waals surface area contributed by atoms with Crippen LogP contribution < -0.4 is 14.2 Å². The van der Waals surface area contributed by atoms with Gasteiger partial charge >= 0.3 is 0 Å². The van der Waals surface area contributed by atoms with Crippen LogP contribution in [-0.4, -0.2) is 37.7 Å². The van der Waals surface area contributed by atoms with Gasteiger partial charge in [0.1, 0.15) is 35.4 Å². The molecule has 1 aliphatic heterocycles. The van der Waals surface area contributed by atoms with E-state index in [9.17, 15) is 4.39 Å². The summed E-state index contributed by atoms with van der Waals surface area (Å²) in [7, 11) is 0. The van der Waals surface area contributed by atoms with Crippen molar-refractivity contribution in [3.63, 3.8) is 0 Å². The molecule has 0 bridgehead atoms. The lowest BCUT2D eigenvalue weighted by molar-refractivity contribution is 0.183. The van der Waals surface area contributed by atoms with Crippen molar-refractivity contribution in [2.45, 2.75) is 39.0 Å². The lowest BCUT2D eigenvalue weighted by atomic mass is 9.99. The van der Waals surface area contributed by atoms with Crippen LogP contribution in [0.1, 0.15) is 39.0 Å². The quantitative estimate of drug-likeness (QED) is 0.188. The molecular weight excluding hydrogens is 477 g/mol. The molecule has 4 nitrogen and oxygen atoms in total. The first-order valence-corrected chi connectivity index (χ1v) is 13.8. The van der Waals surface area contributed by atoms with Gasteiger partial charge in [0.2, 0.25) is 0 Å². The highest BCUT2D eigenvalue weighted by molar-refractivity contribution is 5.96. The van der Waals surface area contributed by atoms with Crippen LogP contribution in [0.5, 0.6) is 23.0 Å². The molecule has 0 aliphatic carbocycles. The molecule has 1 heterocycles. The molecule has 0 radical (unpaired) electrons. The Balaban J connectivity index is 1.36. The van der Waals surface area contributed by atoms with Gasteiger partial charge in [-0.25, -0.2) is 4.39 Å². The topological polar surface area (TPSA) is 30.9 Å². The SMILES string of the molecule is CCCCOc1ccc2c(Oc3ccc(OCCN4CCCCC4)cc3)c(-c3ccc(F)cc3)ccc2c1. The highest BCUT2D eigenvalue weighted by atomic mass is 19.1. The van der Waals surface area contributed by atoms with Crippen molar-refractivity contribution in [2.24, 2.45) is 0 Å². The number of hydrogen-bond donors (Lipinski definition) is 0. The summed E-state index contributed by atoms with van der Waals surface area (Å²) in [6.07, 6.45) is 6.02. The maximum absolute atomic E-state index is 13.6. The number of nitrogens with zero attached hydrogens (tertiary/aromatic N) is 1. The fourth-order valence-corrected chi connectivity index (χ4v) is 4.87. The van der Waals surface area contributed by atoms with Crippen LogP contribution in [0.25, 0.3) is 21.9 Å². The second-order valence-corrected chi connectivity index (χ2v) is 9.86. The van der Waals surface area contributed by atoms with Crippen molar-refractivity contribution >= 4 is 10.8 Å². The Morgan fingerprint density at radius 3 is 2.21 bits per heavy atom. The Hall–Kier alpha value is -3.57. The van der Waals surface area contributed by atoms with E-state index in [0.29, 0.717) is 19.0 Å². The zero-order valence-corrected chi connectivity index (χ0v) is 22.1. The largest absolute Gasteiger partial charge is 0.494 e. The molecular formula is C33H36FNO3. The van der Waals surface area contributed by atoms with Gasteiger partial charge in [0.05, 0.1) is 6.61 Å². The number of fused-ring (bicyclic) bond motifs is 1. The minimum Gasteiger partial charge on any atom is -0.494 e. The molecule has 1 saturated heterocycles. The Morgan fingerprint density at radius 2 is 1.45 bits per heavy atom. The highest BCUT2D eigenvalue weighted by Gasteiger charge is 2.14. The van der Waals surface area contributed by atoms with E-state index < -0.39 is 0 Å². The number of likely N-dealkylation sites (tertiary alicyclic amines) is 1. The average Bonchev–Trinajstić information content (AvgIpc) is 2.95. The first kappa shape index (κ1) is 26.1. The summed E-state index contributed by atoms with van der Waals surface area (Å²) in [6, 6.07) is 24.5. The van der Waals surface area contributed by atoms with Crippen molar-refractivity contribution in [1.29, 1.82) is 0 Å². The summed E-state index contributed by atoms with van der Waals surface area (Å²) in [5, 5.41) is 1.99. The predicted octanol–water partition coefficient (Wildman–Crippen LogP) is 8.48. The monoisotopic (exact) mass is 513 g/mol. The number of benzene rings is 4. The van der Waals surface area contributed by atoms with E-state index in [1.165, 1.54) is 44.5 Å². The van der Waals surface area contributed by atoms with Gasteiger partial charge in [0, 0.05) is 17.5 Å². The van der Waals surface area contributed by atoms with E-state index in [0.717, 1.165) is 58.5 Å². The Bertz CT molecular complexity index is 1310. The fraction of sp³-hybridized carbons (Fsp3) is 0.333. The molecule has 0 saturated carbocycles. The smallest absolute Gasteiger partial charge is 0.143 e. The Labute approximate surface area is 225 Å². The van der Waals surface area contributed by atoms with Crippen LogP contribution in [0, 0.1) is 5.82 Å². The van der Waals surface area contributed by atoms with Gasteiger partial charge in [-0.15, -0.1) is 0 Å². The summed E-state index contributed by atoms with van der Waals surface area (Å²) in [5.74, 6) is 2.86. The zero-order chi connectivity index (χ0) is 26.2. The van der Waals surface area contributed by atoms with Crippen LogP contribution >= 0.6 is 0 Å². The minimum atomic E-state index is -0.262. The van der Waals surface area contributed by atoms with Crippen molar-refractivity contribution in [1.82, 2.24) is 4.90 Å². The predicted molar refractivity (Wildman–Crippen MR) is 152 cm³/mol. The summed E-state index contributed by atoms with van der Waals surface area (Å²) >= 11 is 0. The van der Waals surface area contributed by atoms with Gasteiger partial charge < -0.3 is 14.2 Å². The summed E-state index contributed by atoms with van der Waals surface area (Å²) in [5.41, 5.74) is 1.79. The molecule has 0 spiro atoms. The number of halogens is 1. The third-order valence-electron chi connectivity index (χ3n) is 7.03. The third-order valence-corrected chi connectivity index (χ3v) is 7.03. The second kappa shape index (κ2) is 12.8. The van der Waals surface area contributed by atoms with Crippen LogP contribution in [0.4, 0.5) is 4.39 Å². The minimum absolute atomic E-state index is 0.262. The van der Waals surface area contributed by atoms with Gasteiger partial charge in [-0.2, -0.15) is 0 Å². The van der Waals surface area contributed by atoms with E-state index in [1.54, 1.807) is 12.1 Å². The summed E-state index contributed by atoms with van der Waals surface area (Å²) < 4.78 is 32.1. The molecule has 4 aromatic rings. The molecule has 0 amide bonds. The molecule has 4 aromatic carbocycles. The molecule has 38 heavy (non-hydrogen) atoms. The molecule has 5 rings (SSSR count). The van der Waals surface area contributed by atoms with Gasteiger partial charge in [0.15, 0.2) is 0 Å². The van der Waals surface area contributed by atoms with E-state index in [2.05, 4.69) is 17.9 Å². The molecule has 0 aromatic heterocycles. The maximum atomic E-state index is 13.6. The van der Waals surface area contributed by atoms with Gasteiger partial charge in [0.25, 0.3) is 0 Å². The van der Waals surface area contributed by atoms with Crippen LogP contribution in [-0.2, 0) is 0 Å². The van der Waals surface area contributed by atoms with Crippen molar-refractivity contribution in [3.8, 4) is 34.1 Å². The first-order valence-electron chi connectivity index (χ1n) is 13.8. The van der Waals surface area contributed by atoms with Crippen molar-refractivity contribution in [3.05, 3.63) is 84.7 Å². The number of ether oxygens (including phenoxy) is 3. The zero-order valence-electron chi connectivity index (χ0n) is 22.1. The highest BCUT2D eigenvalue weighted by Crippen LogP contribution is 2.41. The van der Waals surface area contributed by atoms with E-state index in [-0.39, 0.29) is 5.82 Å². The number of unbranched alkanes of at least 4 members (excludes halogenated alkanes) is 1. The summed E-state index contributed by atoms with van der Waals surface area (Å²) in [4.78, 5) is 2.47. The molecule has 5 heteroatoms. The second-order valence-electron chi connectivity index (χ2n) is 9.86. The average molecular weight is 514 g/mol. The Kier molecular flexibility index (Phi) is 8.77. The lowest BCUT2D eigenvalue weighted by Gasteiger charge is -2.26. The number of piperidine rings is 1. The molecule has 0 atom stereocenters. The van der Waals surface area contributed by atoms with Gasteiger partial charge in [-0.1, -0.05) is 38.0 Å². The molecule has 1 aliphatic rings. The number of rotatable bonds is 11. The van der Waals surface area contributed by atoms with Crippen molar-refractivity contribution in [2.75, 3.05) is 32.8 Å². The summed E-state index contributed by atoms with van der Waals surface area (Å²) in [6.45, 7) is 6.83. The van der Waals surface area contributed by atoms with E-state index >= 15 is 0 Å².